The maximum atomic E-state index is 14.1. The normalized spacial score (nSPS) is 14.0. The van der Waals surface area contributed by atoms with E-state index < -0.39 is 155 Å². The second-order valence-electron chi connectivity index (χ2n) is 28.3. The van der Waals surface area contributed by atoms with Crippen molar-refractivity contribution in [3.05, 3.63) is 0 Å². The Kier molecular flexibility index (Phi) is 35.1. The molecule has 4 N–H and O–H groups in total. The lowest BCUT2D eigenvalue weighted by Gasteiger charge is -2.27. The SMILES string of the molecule is CC(C)(C)OC(=O)CC[C@H](CC(=O)CC[C@H](NC(=O)CC[C@H](CC(=O)CC[C@H](NC(=O)[C@H](CC(=O)CCCCCCCCCCCCC(=O)O)NC(=O)OC(C)(C)C)C(=O)OC(C)(C)C)C(=O)OC(C)(C)C)C(=O)OC(C)(C)C)C(=O)OC(C)(C)C. The van der Waals surface area contributed by atoms with Crippen molar-refractivity contribution in [2.45, 2.75) is 324 Å². The van der Waals surface area contributed by atoms with Crippen LogP contribution >= 0.6 is 0 Å². The molecule has 0 aliphatic rings. The van der Waals surface area contributed by atoms with Gasteiger partial charge in [0, 0.05) is 57.8 Å². The minimum absolute atomic E-state index is 0.0469. The molecule has 5 atom stereocenters. The summed E-state index contributed by atoms with van der Waals surface area (Å²) < 4.78 is 33.2. The molecular weight excluding hydrogens is 1110 g/mol. The first kappa shape index (κ1) is 80.0. The van der Waals surface area contributed by atoms with E-state index in [4.69, 9.17) is 33.5 Å². The Morgan fingerprint density at radius 1 is 0.326 bits per heavy atom. The van der Waals surface area contributed by atoms with Crippen molar-refractivity contribution >= 4 is 71.1 Å². The van der Waals surface area contributed by atoms with E-state index >= 15 is 0 Å². The monoisotopic (exact) mass is 1220 g/mol. The summed E-state index contributed by atoms with van der Waals surface area (Å²) in [5, 5.41) is 16.4. The summed E-state index contributed by atoms with van der Waals surface area (Å²) in [6, 6.07) is -4.32. The molecule has 0 radical (unpaired) electrons. The van der Waals surface area contributed by atoms with Crippen LogP contribution in [0.25, 0.3) is 0 Å². The van der Waals surface area contributed by atoms with Gasteiger partial charge in [0.1, 0.15) is 69.1 Å². The van der Waals surface area contributed by atoms with Crippen LogP contribution in [0.2, 0.25) is 0 Å². The average Bonchev–Trinajstić information content (AvgIpc) is 3.43. The molecule has 22 heteroatoms. The van der Waals surface area contributed by atoms with Crippen LogP contribution in [0, 0.1) is 11.8 Å². The Balaban J connectivity index is 6.36. The van der Waals surface area contributed by atoms with Gasteiger partial charge in [0.05, 0.1) is 11.8 Å². The molecule has 22 nitrogen and oxygen atoms in total. The molecular formula is C64H109N3O19. The Labute approximate surface area is 512 Å². The largest absolute Gasteiger partial charge is 0.481 e. The van der Waals surface area contributed by atoms with Gasteiger partial charge < -0.3 is 49.5 Å². The van der Waals surface area contributed by atoms with Crippen LogP contribution in [-0.4, -0.2) is 128 Å². The molecule has 0 heterocycles. The number of nitrogens with one attached hydrogen (secondary N) is 3. The van der Waals surface area contributed by atoms with E-state index in [2.05, 4.69) is 16.0 Å². The van der Waals surface area contributed by atoms with Crippen LogP contribution in [0.15, 0.2) is 0 Å². The zero-order valence-corrected chi connectivity index (χ0v) is 55.4. The van der Waals surface area contributed by atoms with Gasteiger partial charge in [0.25, 0.3) is 0 Å². The Morgan fingerprint density at radius 2 is 0.663 bits per heavy atom. The number of hydrogen-bond donors (Lipinski definition) is 4. The van der Waals surface area contributed by atoms with Gasteiger partial charge in [-0.1, -0.05) is 51.4 Å². The minimum Gasteiger partial charge on any atom is -0.481 e. The lowest BCUT2D eigenvalue weighted by atomic mass is 9.93. The number of hydrogen-bond acceptors (Lipinski definition) is 18. The summed E-state index contributed by atoms with van der Waals surface area (Å²) in [6.07, 6.45) is 4.74. The van der Waals surface area contributed by atoms with Crippen molar-refractivity contribution in [3.8, 4) is 0 Å². The van der Waals surface area contributed by atoms with Crippen LogP contribution in [0.5, 0.6) is 0 Å². The first-order valence-corrected chi connectivity index (χ1v) is 30.7. The summed E-state index contributed by atoms with van der Waals surface area (Å²) in [5.74, 6) is -9.84. The highest BCUT2D eigenvalue weighted by Crippen LogP contribution is 2.25. The molecule has 494 valence electrons. The van der Waals surface area contributed by atoms with E-state index in [-0.39, 0.29) is 63.6 Å². The van der Waals surface area contributed by atoms with Gasteiger partial charge in [-0.25, -0.2) is 14.4 Å². The topological polar surface area (TPSA) is 317 Å². The van der Waals surface area contributed by atoms with E-state index in [1.54, 1.807) is 125 Å². The number of carbonyl (C=O) groups excluding carboxylic acids is 11. The molecule has 0 saturated carbocycles. The first-order chi connectivity index (χ1) is 39.2. The zero-order chi connectivity index (χ0) is 66.4. The number of carboxylic acid groups (broad SMARTS) is 1. The predicted molar refractivity (Wildman–Crippen MR) is 322 cm³/mol. The zero-order valence-electron chi connectivity index (χ0n) is 55.4. The van der Waals surface area contributed by atoms with Gasteiger partial charge in [-0.15, -0.1) is 0 Å². The number of unbranched alkanes of at least 4 members (excludes halogenated alkanes) is 9. The smallest absolute Gasteiger partial charge is 0.408 e. The van der Waals surface area contributed by atoms with Crippen molar-refractivity contribution in [2.75, 3.05) is 0 Å². The number of ether oxygens (including phenoxy) is 6. The summed E-state index contributed by atoms with van der Waals surface area (Å²) in [5.41, 5.74) is -5.71. The maximum absolute atomic E-state index is 14.1. The van der Waals surface area contributed by atoms with Crippen LogP contribution in [-0.2, 0) is 81.2 Å². The fourth-order valence-corrected chi connectivity index (χ4v) is 8.52. The standard InChI is InChI=1S/C64H109N3O19/c1-59(2,3)81-52(74)38-32-43(55(77)83-61(7,8)9)40-45(69)33-35-47(56(78)84-62(10,11)12)65-50(71)37-31-42(54(76)82-60(4,5)6)39-46(70)34-36-48(57(79)85-63(13,14)15)66-53(75)49(67-58(80)86-64(16,17)18)41-44(68)29-27-25-23-21-19-20-22-24-26-28-30-51(72)73/h42-43,47-49H,19-41H2,1-18H3,(H,65,71)(H,66,75)(H,67,80)(H,72,73)/t42-,43-,47+,48+,49+/m1/s1. The number of alkyl carbamates (subject to hydrolysis) is 1. The van der Waals surface area contributed by atoms with Crippen LogP contribution in [0.3, 0.4) is 0 Å². The summed E-state index contributed by atoms with van der Waals surface area (Å²) >= 11 is 0. The molecule has 0 aliphatic heterocycles. The van der Waals surface area contributed by atoms with Gasteiger partial charge in [0.2, 0.25) is 11.8 Å². The fourth-order valence-electron chi connectivity index (χ4n) is 8.52. The third-order valence-electron chi connectivity index (χ3n) is 12.3. The van der Waals surface area contributed by atoms with Crippen LogP contribution in [0.1, 0.15) is 272 Å². The number of rotatable bonds is 39. The molecule has 0 spiro atoms. The van der Waals surface area contributed by atoms with E-state index in [1.807, 2.05) is 0 Å². The molecule has 0 aromatic carbocycles. The number of ketones is 3. The second kappa shape index (κ2) is 37.7. The van der Waals surface area contributed by atoms with Crippen molar-refractivity contribution in [1.29, 1.82) is 0 Å². The third-order valence-corrected chi connectivity index (χ3v) is 12.3. The van der Waals surface area contributed by atoms with Crippen LogP contribution in [0.4, 0.5) is 4.79 Å². The molecule has 86 heavy (non-hydrogen) atoms. The molecule has 0 saturated heterocycles. The highest BCUT2D eigenvalue weighted by molar-refractivity contribution is 5.94. The Hall–Kier alpha value is -5.96. The van der Waals surface area contributed by atoms with Gasteiger partial charge in [-0.3, -0.25) is 43.2 Å². The number of carboxylic acids is 1. The average molecular weight is 1220 g/mol. The van der Waals surface area contributed by atoms with Crippen molar-refractivity contribution < 1.29 is 91.1 Å². The Bertz CT molecular complexity index is 2230. The van der Waals surface area contributed by atoms with Gasteiger partial charge in [0.15, 0.2) is 0 Å². The van der Waals surface area contributed by atoms with E-state index in [0.717, 1.165) is 51.4 Å². The molecule has 0 fully saturated rings. The Morgan fingerprint density at radius 3 is 1.05 bits per heavy atom. The molecule has 0 bridgehead atoms. The van der Waals surface area contributed by atoms with Crippen molar-refractivity contribution in [1.82, 2.24) is 16.0 Å². The molecule has 0 unspecified atom stereocenters. The molecule has 0 aromatic heterocycles. The fraction of sp³-hybridized carbons (Fsp3) is 0.812. The number of aliphatic carboxylic acids is 1. The number of Topliss-reactive ketones (excluding diaryl/α,β-unsaturated/α-hetero) is 3. The van der Waals surface area contributed by atoms with Crippen molar-refractivity contribution in [2.24, 2.45) is 11.8 Å². The highest BCUT2D eigenvalue weighted by Gasteiger charge is 2.36. The first-order valence-electron chi connectivity index (χ1n) is 30.7. The molecule has 0 aromatic rings. The van der Waals surface area contributed by atoms with Crippen LogP contribution < -0.4 is 16.0 Å². The summed E-state index contributed by atoms with van der Waals surface area (Å²) in [6.45, 7) is 29.5. The summed E-state index contributed by atoms with van der Waals surface area (Å²) in [4.78, 5) is 159. The molecule has 3 amide bonds. The highest BCUT2D eigenvalue weighted by atomic mass is 16.6. The quantitative estimate of drug-likeness (QED) is 0.0252. The second-order valence-corrected chi connectivity index (χ2v) is 28.3. The van der Waals surface area contributed by atoms with Gasteiger partial charge in [-0.2, -0.15) is 0 Å². The van der Waals surface area contributed by atoms with E-state index in [1.165, 1.54) is 0 Å². The van der Waals surface area contributed by atoms with E-state index in [9.17, 15) is 57.5 Å². The molecule has 0 aliphatic carbocycles. The number of carbonyl (C=O) groups is 12. The summed E-state index contributed by atoms with van der Waals surface area (Å²) in [7, 11) is 0. The molecule has 0 rings (SSSR count). The number of esters is 5. The lowest BCUT2D eigenvalue weighted by molar-refractivity contribution is -0.163. The predicted octanol–water partition coefficient (Wildman–Crippen LogP) is 10.6. The van der Waals surface area contributed by atoms with Gasteiger partial charge >= 0.3 is 41.9 Å². The van der Waals surface area contributed by atoms with E-state index in [0.29, 0.717) is 12.8 Å². The lowest BCUT2D eigenvalue weighted by Crippen LogP contribution is -2.53. The third kappa shape index (κ3) is 43.6. The van der Waals surface area contributed by atoms with Gasteiger partial charge in [-0.05, 0) is 163 Å². The number of amides is 3. The van der Waals surface area contributed by atoms with Crippen molar-refractivity contribution in [3.63, 3.8) is 0 Å². The maximum Gasteiger partial charge on any atom is 0.408 e. The minimum atomic E-state index is -1.48.